The van der Waals surface area contributed by atoms with Crippen LogP contribution >= 0.6 is 0 Å². The molecule has 0 heterocycles. The SMILES string of the molecule is CN(CCC(=O)O)S(=O)(=O)NCCC(=O)NC(C)(C)C. The van der Waals surface area contributed by atoms with Crippen molar-refractivity contribution in [1.29, 1.82) is 0 Å². The minimum absolute atomic E-state index is 0.0171. The van der Waals surface area contributed by atoms with Gasteiger partial charge in [0.2, 0.25) is 5.91 Å². The Kier molecular flexibility index (Phi) is 7.11. The third-order valence-corrected chi connectivity index (χ3v) is 3.77. The summed E-state index contributed by atoms with van der Waals surface area (Å²) in [6, 6.07) is 0. The number of rotatable bonds is 8. The molecule has 0 aliphatic carbocycles. The third-order valence-electron chi connectivity index (χ3n) is 2.20. The summed E-state index contributed by atoms with van der Waals surface area (Å²) in [6.07, 6.45) is -0.259. The molecule has 1 amide bonds. The van der Waals surface area contributed by atoms with E-state index in [1.807, 2.05) is 20.8 Å². The molecule has 0 aromatic rings. The first kappa shape index (κ1) is 18.8. The maximum atomic E-state index is 11.7. The number of nitrogens with zero attached hydrogens (tertiary/aromatic N) is 1. The minimum atomic E-state index is -3.76. The van der Waals surface area contributed by atoms with Crippen LogP contribution in [0.2, 0.25) is 0 Å². The average molecular weight is 309 g/mol. The maximum absolute atomic E-state index is 11.7. The highest BCUT2D eigenvalue weighted by Crippen LogP contribution is 2.00. The van der Waals surface area contributed by atoms with Gasteiger partial charge in [-0.25, -0.2) is 4.72 Å². The number of amides is 1. The van der Waals surface area contributed by atoms with Crippen LogP contribution in [-0.4, -0.2) is 55.4 Å². The molecule has 0 aromatic heterocycles. The molecule has 9 heteroatoms. The summed E-state index contributed by atoms with van der Waals surface area (Å²) >= 11 is 0. The molecule has 0 fully saturated rings. The number of hydrogen-bond donors (Lipinski definition) is 3. The van der Waals surface area contributed by atoms with Crippen molar-refractivity contribution in [3.05, 3.63) is 0 Å². The van der Waals surface area contributed by atoms with Gasteiger partial charge in [-0.15, -0.1) is 0 Å². The van der Waals surface area contributed by atoms with E-state index < -0.39 is 16.2 Å². The molecule has 0 saturated heterocycles. The molecule has 0 spiro atoms. The molecule has 0 aliphatic rings. The molecule has 20 heavy (non-hydrogen) atoms. The van der Waals surface area contributed by atoms with E-state index in [-0.39, 0.29) is 37.4 Å². The highest BCUT2D eigenvalue weighted by Gasteiger charge is 2.19. The van der Waals surface area contributed by atoms with Gasteiger partial charge in [-0.2, -0.15) is 12.7 Å². The monoisotopic (exact) mass is 309 g/mol. The van der Waals surface area contributed by atoms with Gasteiger partial charge < -0.3 is 10.4 Å². The summed E-state index contributed by atoms with van der Waals surface area (Å²) in [5.74, 6) is -1.33. The van der Waals surface area contributed by atoms with Crippen molar-refractivity contribution >= 4 is 22.1 Å². The number of carbonyl (C=O) groups is 2. The first-order valence-electron chi connectivity index (χ1n) is 6.18. The van der Waals surface area contributed by atoms with E-state index in [2.05, 4.69) is 10.0 Å². The first-order valence-corrected chi connectivity index (χ1v) is 7.62. The van der Waals surface area contributed by atoms with Gasteiger partial charge >= 0.3 is 5.97 Å². The Morgan fingerprint density at radius 2 is 1.75 bits per heavy atom. The fourth-order valence-corrected chi connectivity index (χ4v) is 2.17. The Morgan fingerprint density at radius 1 is 1.20 bits per heavy atom. The number of hydrogen-bond acceptors (Lipinski definition) is 4. The molecule has 8 nitrogen and oxygen atoms in total. The zero-order valence-electron chi connectivity index (χ0n) is 12.3. The predicted octanol–water partition coefficient (Wildman–Crippen LogP) is -0.468. The third kappa shape index (κ3) is 8.83. The van der Waals surface area contributed by atoms with E-state index in [4.69, 9.17) is 5.11 Å². The molecule has 3 N–H and O–H groups in total. The van der Waals surface area contributed by atoms with Crippen LogP contribution in [0.15, 0.2) is 0 Å². The van der Waals surface area contributed by atoms with E-state index in [1.165, 1.54) is 7.05 Å². The van der Waals surface area contributed by atoms with Gasteiger partial charge in [0.15, 0.2) is 0 Å². The second-order valence-electron chi connectivity index (χ2n) is 5.41. The number of carboxylic acids is 1. The molecule has 0 aliphatic heterocycles. The number of nitrogens with one attached hydrogen (secondary N) is 2. The molecule has 118 valence electrons. The van der Waals surface area contributed by atoms with E-state index >= 15 is 0 Å². The molecule has 0 radical (unpaired) electrons. The minimum Gasteiger partial charge on any atom is -0.481 e. The highest BCUT2D eigenvalue weighted by molar-refractivity contribution is 7.87. The molecule has 0 atom stereocenters. The Balaban J connectivity index is 4.16. The summed E-state index contributed by atoms with van der Waals surface area (Å²) in [6.45, 7) is 5.32. The molecule has 0 aromatic carbocycles. The summed E-state index contributed by atoms with van der Waals surface area (Å²) in [5.41, 5.74) is -0.367. The lowest BCUT2D eigenvalue weighted by atomic mass is 10.1. The predicted molar refractivity (Wildman–Crippen MR) is 74.3 cm³/mol. The van der Waals surface area contributed by atoms with Crippen molar-refractivity contribution in [3.63, 3.8) is 0 Å². The first-order chi connectivity index (χ1) is 8.94. The van der Waals surface area contributed by atoms with Crippen molar-refractivity contribution in [2.75, 3.05) is 20.1 Å². The van der Waals surface area contributed by atoms with Crippen molar-refractivity contribution in [2.24, 2.45) is 0 Å². The molecule has 0 bridgehead atoms. The number of aliphatic carboxylic acids is 1. The maximum Gasteiger partial charge on any atom is 0.304 e. The largest absolute Gasteiger partial charge is 0.481 e. The normalized spacial score (nSPS) is 12.4. The van der Waals surface area contributed by atoms with Crippen LogP contribution in [-0.2, 0) is 19.8 Å². The Morgan fingerprint density at radius 3 is 2.20 bits per heavy atom. The van der Waals surface area contributed by atoms with Crippen molar-refractivity contribution in [2.45, 2.75) is 39.2 Å². The van der Waals surface area contributed by atoms with Crippen LogP contribution in [0.1, 0.15) is 33.6 Å². The lowest BCUT2D eigenvalue weighted by molar-refractivity contribution is -0.137. The average Bonchev–Trinajstić information content (AvgIpc) is 2.22. The number of carbonyl (C=O) groups excluding carboxylic acids is 1. The van der Waals surface area contributed by atoms with Crippen molar-refractivity contribution < 1.29 is 23.1 Å². The van der Waals surface area contributed by atoms with Crippen LogP contribution in [0.4, 0.5) is 0 Å². The van der Waals surface area contributed by atoms with Crippen molar-refractivity contribution in [3.8, 4) is 0 Å². The molecule has 0 rings (SSSR count). The topological polar surface area (TPSA) is 116 Å². The van der Waals surface area contributed by atoms with Gasteiger partial charge in [0, 0.05) is 32.1 Å². The summed E-state index contributed by atoms with van der Waals surface area (Å²) in [5, 5.41) is 11.2. The van der Waals surface area contributed by atoms with Gasteiger partial charge in [-0.1, -0.05) is 0 Å². The molecule has 0 saturated carbocycles. The van der Waals surface area contributed by atoms with Crippen LogP contribution in [0.3, 0.4) is 0 Å². The van der Waals surface area contributed by atoms with E-state index in [1.54, 1.807) is 0 Å². The van der Waals surface area contributed by atoms with E-state index in [0.717, 1.165) is 4.31 Å². The second kappa shape index (κ2) is 7.55. The Hall–Kier alpha value is -1.19. The lowest BCUT2D eigenvalue weighted by Gasteiger charge is -2.21. The lowest BCUT2D eigenvalue weighted by Crippen LogP contribution is -2.43. The van der Waals surface area contributed by atoms with E-state index in [9.17, 15) is 18.0 Å². The Labute approximate surface area is 119 Å². The van der Waals surface area contributed by atoms with Gasteiger partial charge in [-0.3, -0.25) is 9.59 Å². The van der Waals surface area contributed by atoms with Crippen molar-refractivity contribution in [1.82, 2.24) is 14.3 Å². The van der Waals surface area contributed by atoms with Gasteiger partial charge in [0.05, 0.1) is 6.42 Å². The zero-order chi connectivity index (χ0) is 16.0. The van der Waals surface area contributed by atoms with Gasteiger partial charge in [-0.05, 0) is 20.8 Å². The zero-order valence-corrected chi connectivity index (χ0v) is 13.1. The van der Waals surface area contributed by atoms with Gasteiger partial charge in [0.1, 0.15) is 0 Å². The molecular weight excluding hydrogens is 286 g/mol. The summed E-state index contributed by atoms with van der Waals surface area (Å²) in [7, 11) is -2.48. The van der Waals surface area contributed by atoms with Gasteiger partial charge in [0.25, 0.3) is 10.2 Å². The number of carboxylic acid groups (broad SMARTS) is 1. The van der Waals surface area contributed by atoms with Crippen LogP contribution in [0.5, 0.6) is 0 Å². The summed E-state index contributed by atoms with van der Waals surface area (Å²) in [4.78, 5) is 21.9. The molecule has 0 unspecified atom stereocenters. The summed E-state index contributed by atoms with van der Waals surface area (Å²) < 4.78 is 26.5. The smallest absolute Gasteiger partial charge is 0.304 e. The molecular formula is C11H23N3O5S. The van der Waals surface area contributed by atoms with Crippen LogP contribution < -0.4 is 10.0 Å². The fraction of sp³-hybridized carbons (Fsp3) is 0.818. The van der Waals surface area contributed by atoms with E-state index in [0.29, 0.717) is 0 Å². The second-order valence-corrected chi connectivity index (χ2v) is 7.27. The quantitative estimate of drug-likeness (QED) is 0.560. The van der Waals surface area contributed by atoms with Crippen LogP contribution in [0, 0.1) is 0 Å². The fourth-order valence-electron chi connectivity index (χ4n) is 1.26. The van der Waals surface area contributed by atoms with Crippen LogP contribution in [0.25, 0.3) is 0 Å². The Bertz CT molecular complexity index is 441. The highest BCUT2D eigenvalue weighted by atomic mass is 32.2. The standard InChI is InChI=1S/C11H23N3O5S/c1-11(2,3)13-9(15)5-7-12-20(18,19)14(4)8-6-10(16)17/h12H,5-8H2,1-4H3,(H,13,15)(H,16,17).